The van der Waals surface area contributed by atoms with Crippen molar-refractivity contribution in [1.82, 2.24) is 9.80 Å². The molecule has 8 nitrogen and oxygen atoms in total. The SMILES string of the molecule is CCOC(=O)/C(=C\N(C)C)C(=O)c1ccc(Br)cc1F.CCOC(=O)/C=C/N(C)C.O=C(Cl)c1ccc(Br)cc1F. The van der Waals surface area contributed by atoms with Crippen LogP contribution in [0.3, 0.4) is 0 Å². The monoisotopic (exact) mass is 722 g/mol. The summed E-state index contributed by atoms with van der Waals surface area (Å²) in [5.41, 5.74) is -0.484. The molecular formula is C28H31Br2ClF2N2O6. The number of halogens is 5. The minimum Gasteiger partial charge on any atom is -0.463 e. The molecule has 0 aliphatic carbocycles. The first-order valence-electron chi connectivity index (χ1n) is 11.9. The predicted molar refractivity (Wildman–Crippen MR) is 161 cm³/mol. The Labute approximate surface area is 260 Å². The van der Waals surface area contributed by atoms with Gasteiger partial charge in [0.05, 0.1) is 24.3 Å². The normalized spacial score (nSPS) is 10.5. The van der Waals surface area contributed by atoms with Crippen LogP contribution in [0.2, 0.25) is 0 Å². The van der Waals surface area contributed by atoms with E-state index in [2.05, 4.69) is 36.6 Å². The molecule has 0 fully saturated rings. The zero-order valence-corrected chi connectivity index (χ0v) is 27.3. The van der Waals surface area contributed by atoms with Gasteiger partial charge in [0, 0.05) is 55.6 Å². The van der Waals surface area contributed by atoms with Gasteiger partial charge in [-0.15, -0.1) is 0 Å². The maximum absolute atomic E-state index is 13.8. The fourth-order valence-electron chi connectivity index (χ4n) is 2.54. The largest absolute Gasteiger partial charge is 0.463 e. The van der Waals surface area contributed by atoms with E-state index in [0.29, 0.717) is 15.6 Å². The van der Waals surface area contributed by atoms with E-state index in [0.717, 1.165) is 0 Å². The Morgan fingerprint density at radius 2 is 1.32 bits per heavy atom. The Morgan fingerprint density at radius 1 is 0.829 bits per heavy atom. The number of hydrogen-bond acceptors (Lipinski definition) is 8. The fraction of sp³-hybridized carbons (Fsp3) is 0.286. The molecule has 2 rings (SSSR count). The summed E-state index contributed by atoms with van der Waals surface area (Å²) in [6.07, 6.45) is 4.36. The molecule has 0 atom stereocenters. The van der Waals surface area contributed by atoms with E-state index in [-0.39, 0.29) is 29.3 Å². The van der Waals surface area contributed by atoms with E-state index in [1.807, 2.05) is 14.1 Å². The van der Waals surface area contributed by atoms with E-state index in [1.54, 1.807) is 45.1 Å². The quantitative estimate of drug-likeness (QED) is 0.0736. The molecule has 13 heteroatoms. The van der Waals surface area contributed by atoms with E-state index >= 15 is 0 Å². The van der Waals surface area contributed by atoms with Gasteiger partial charge in [0.25, 0.3) is 5.24 Å². The third kappa shape index (κ3) is 15.5. The van der Waals surface area contributed by atoms with Crippen LogP contribution < -0.4 is 0 Å². The van der Waals surface area contributed by atoms with Crippen LogP contribution in [0.4, 0.5) is 8.78 Å². The van der Waals surface area contributed by atoms with Gasteiger partial charge in [0.15, 0.2) is 0 Å². The number of ketones is 1. The summed E-state index contributed by atoms with van der Waals surface area (Å²) in [5.74, 6) is -3.08. The van der Waals surface area contributed by atoms with E-state index in [4.69, 9.17) is 16.3 Å². The van der Waals surface area contributed by atoms with Crippen LogP contribution in [0, 0.1) is 11.6 Å². The van der Waals surface area contributed by atoms with Crippen LogP contribution >= 0.6 is 43.5 Å². The molecule has 0 radical (unpaired) electrons. The summed E-state index contributed by atoms with van der Waals surface area (Å²) < 4.78 is 37.1. The second kappa shape index (κ2) is 19.9. The Hall–Kier alpha value is -3.09. The molecule has 2 aromatic carbocycles. The first-order valence-corrected chi connectivity index (χ1v) is 13.8. The molecule has 0 aromatic heterocycles. The van der Waals surface area contributed by atoms with Crippen molar-refractivity contribution in [2.24, 2.45) is 0 Å². The van der Waals surface area contributed by atoms with Crippen molar-refractivity contribution in [2.75, 3.05) is 41.4 Å². The number of hydrogen-bond donors (Lipinski definition) is 0. The molecule has 0 amide bonds. The number of esters is 2. The summed E-state index contributed by atoms with van der Waals surface area (Å²) >= 11 is 11.2. The summed E-state index contributed by atoms with van der Waals surface area (Å²) in [6.45, 7) is 3.98. The molecule has 2 aromatic rings. The van der Waals surface area contributed by atoms with Crippen molar-refractivity contribution in [3.63, 3.8) is 0 Å². The third-order valence-corrected chi connectivity index (χ3v) is 5.43. The molecule has 224 valence electrons. The molecular weight excluding hydrogens is 694 g/mol. The van der Waals surface area contributed by atoms with Crippen molar-refractivity contribution in [1.29, 1.82) is 0 Å². The van der Waals surface area contributed by atoms with Crippen LogP contribution in [0.1, 0.15) is 34.6 Å². The molecule has 0 saturated carbocycles. The van der Waals surface area contributed by atoms with Crippen molar-refractivity contribution < 1.29 is 37.4 Å². The molecule has 0 heterocycles. The first-order chi connectivity index (χ1) is 19.1. The lowest BCUT2D eigenvalue weighted by atomic mass is 10.0. The summed E-state index contributed by atoms with van der Waals surface area (Å²) in [5, 5.41) is -0.782. The van der Waals surface area contributed by atoms with Gasteiger partial charge in [0.2, 0.25) is 5.78 Å². The minimum atomic E-state index is -0.782. The zero-order valence-electron chi connectivity index (χ0n) is 23.3. The third-order valence-electron chi connectivity index (χ3n) is 4.24. The number of carbonyl (C=O) groups excluding carboxylic acids is 4. The van der Waals surface area contributed by atoms with E-state index in [1.165, 1.54) is 47.5 Å². The van der Waals surface area contributed by atoms with Gasteiger partial charge >= 0.3 is 11.9 Å². The highest BCUT2D eigenvalue weighted by Crippen LogP contribution is 2.19. The molecule has 0 N–H and O–H groups in total. The van der Waals surface area contributed by atoms with E-state index < -0.39 is 28.6 Å². The molecule has 41 heavy (non-hydrogen) atoms. The maximum Gasteiger partial charge on any atom is 0.343 e. The number of rotatable bonds is 9. The lowest BCUT2D eigenvalue weighted by Crippen LogP contribution is -2.20. The standard InChI is InChI=1S/C14H15BrFNO3.C7H3BrClFO.C7H13NO2/c1-4-20-14(19)11(8-17(2)3)13(18)10-6-5-9(15)7-12(10)16;8-4-1-2-5(7(9)11)6(10)3-4;1-4-10-7(9)5-6-8(2)3/h5-8H,4H2,1-3H3;1-3H;5-6H,4H2,1-3H3/b11-8-;;6-5+. The number of carbonyl (C=O) groups is 4. The highest BCUT2D eigenvalue weighted by Gasteiger charge is 2.24. The van der Waals surface area contributed by atoms with Crippen LogP contribution in [-0.2, 0) is 19.1 Å². The van der Waals surface area contributed by atoms with Gasteiger partial charge in [-0.25, -0.2) is 18.4 Å². The lowest BCUT2D eigenvalue weighted by molar-refractivity contribution is -0.138. The predicted octanol–water partition coefficient (Wildman–Crippen LogP) is 6.37. The molecule has 0 saturated heterocycles. The van der Waals surface area contributed by atoms with Gasteiger partial charge in [-0.1, -0.05) is 31.9 Å². The number of benzene rings is 2. The average Bonchev–Trinajstić information content (AvgIpc) is 2.86. The van der Waals surface area contributed by atoms with Crippen LogP contribution in [0.5, 0.6) is 0 Å². The van der Waals surface area contributed by atoms with Crippen LogP contribution in [-0.4, -0.2) is 74.2 Å². The smallest absolute Gasteiger partial charge is 0.343 e. The molecule has 0 aliphatic heterocycles. The number of nitrogens with zero attached hydrogens (tertiary/aromatic N) is 2. The van der Waals surface area contributed by atoms with Crippen molar-refractivity contribution >= 4 is 66.4 Å². The minimum absolute atomic E-state index is 0.102. The second-order valence-electron chi connectivity index (χ2n) is 8.11. The lowest BCUT2D eigenvalue weighted by Gasteiger charge is -2.11. The summed E-state index contributed by atoms with van der Waals surface area (Å²) in [6, 6.07) is 8.11. The highest BCUT2D eigenvalue weighted by molar-refractivity contribution is 9.10. The topological polar surface area (TPSA) is 93.2 Å². The summed E-state index contributed by atoms with van der Waals surface area (Å²) in [7, 11) is 7.00. The second-order valence-corrected chi connectivity index (χ2v) is 10.3. The van der Waals surface area contributed by atoms with E-state index in [9.17, 15) is 28.0 Å². The molecule has 0 aliphatic rings. The molecule has 0 unspecified atom stereocenters. The molecule has 0 spiro atoms. The van der Waals surface area contributed by atoms with Crippen molar-refractivity contribution in [2.45, 2.75) is 13.8 Å². The average molecular weight is 725 g/mol. The van der Waals surface area contributed by atoms with Gasteiger partial charge < -0.3 is 19.3 Å². The van der Waals surface area contributed by atoms with Crippen molar-refractivity contribution in [3.05, 3.63) is 92.2 Å². The van der Waals surface area contributed by atoms with Crippen molar-refractivity contribution in [3.8, 4) is 0 Å². The van der Waals surface area contributed by atoms with Gasteiger partial charge in [-0.05, 0) is 61.8 Å². The van der Waals surface area contributed by atoms with Gasteiger partial charge in [-0.3, -0.25) is 9.59 Å². The Bertz CT molecular complexity index is 1270. The summed E-state index contributed by atoms with van der Waals surface area (Å²) in [4.78, 5) is 48.5. The Kier molecular flexibility index (Phi) is 18.4. The Balaban J connectivity index is 0.000000644. The van der Waals surface area contributed by atoms with Crippen LogP contribution in [0.25, 0.3) is 0 Å². The zero-order chi connectivity index (χ0) is 31.7. The van der Waals surface area contributed by atoms with Crippen LogP contribution in [0.15, 0.2) is 69.4 Å². The Morgan fingerprint density at radius 3 is 1.71 bits per heavy atom. The highest BCUT2D eigenvalue weighted by atomic mass is 79.9. The first kappa shape index (κ1) is 37.9. The maximum atomic E-state index is 13.8. The fourth-order valence-corrected chi connectivity index (χ4v) is 3.36. The molecule has 0 bridgehead atoms. The van der Waals surface area contributed by atoms with Gasteiger partial charge in [0.1, 0.15) is 17.2 Å². The number of ether oxygens (including phenoxy) is 2. The number of Topliss-reactive ketones (excluding diaryl/α,β-unsaturated/α-hetero) is 1. The van der Waals surface area contributed by atoms with Gasteiger partial charge in [-0.2, -0.15) is 0 Å².